The maximum atomic E-state index is 14.5. The normalized spacial score (nSPS) is 10.8. The summed E-state index contributed by atoms with van der Waals surface area (Å²) >= 11 is 6.41. The summed E-state index contributed by atoms with van der Waals surface area (Å²) < 4.78 is 25.4. The van der Waals surface area contributed by atoms with Gasteiger partial charge in [0.05, 0.1) is 23.7 Å². The standard InChI is InChI=1S/C27H22ClFN2O5/c1-3-35-27(34)31(23-7-5-4-6-21(23)28)25-16(2)30-36-26(25)19-11-9-18(10-12-19)20-14-17(15-24(32)33)8-13-22(20)29/h4-14H,3,15H2,1-2H3,(H,32,33). The summed E-state index contributed by atoms with van der Waals surface area (Å²) in [5, 5.41) is 13.4. The fraction of sp³-hybridized carbons (Fsp3) is 0.148. The number of nitrogens with zero attached hydrogens (tertiary/aromatic N) is 2. The van der Waals surface area contributed by atoms with E-state index in [0.29, 0.717) is 44.5 Å². The van der Waals surface area contributed by atoms with Gasteiger partial charge in [-0.1, -0.05) is 59.2 Å². The van der Waals surface area contributed by atoms with E-state index in [1.54, 1.807) is 62.4 Å². The number of aliphatic carboxylic acids is 1. The Morgan fingerprint density at radius 3 is 2.44 bits per heavy atom. The maximum absolute atomic E-state index is 14.5. The Morgan fingerprint density at radius 1 is 1.08 bits per heavy atom. The van der Waals surface area contributed by atoms with Gasteiger partial charge >= 0.3 is 12.1 Å². The lowest BCUT2D eigenvalue weighted by molar-refractivity contribution is -0.136. The molecule has 1 amide bonds. The average Bonchev–Trinajstić information content (AvgIpc) is 3.22. The first-order valence-electron chi connectivity index (χ1n) is 11.1. The molecular weight excluding hydrogens is 487 g/mol. The summed E-state index contributed by atoms with van der Waals surface area (Å²) in [5.74, 6) is -1.17. The Balaban J connectivity index is 1.76. The van der Waals surface area contributed by atoms with Crippen LogP contribution in [0.4, 0.5) is 20.6 Å². The minimum absolute atomic E-state index is 0.153. The molecular formula is C27H22ClFN2O5. The van der Waals surface area contributed by atoms with Crippen LogP contribution < -0.4 is 4.90 Å². The molecule has 9 heteroatoms. The number of halogens is 2. The largest absolute Gasteiger partial charge is 0.481 e. The van der Waals surface area contributed by atoms with Crippen LogP contribution in [0.25, 0.3) is 22.5 Å². The van der Waals surface area contributed by atoms with Gasteiger partial charge in [0.2, 0.25) is 0 Å². The van der Waals surface area contributed by atoms with Crippen molar-refractivity contribution in [3.05, 3.63) is 88.8 Å². The van der Waals surface area contributed by atoms with Crippen LogP contribution in [0.15, 0.2) is 71.3 Å². The number of anilines is 2. The number of hydrogen-bond acceptors (Lipinski definition) is 5. The number of carbonyl (C=O) groups is 2. The van der Waals surface area contributed by atoms with Gasteiger partial charge in [-0.05, 0) is 49.2 Å². The quantitative estimate of drug-likeness (QED) is 0.288. The number of hydrogen-bond donors (Lipinski definition) is 1. The fourth-order valence-electron chi connectivity index (χ4n) is 3.83. The first-order valence-corrected chi connectivity index (χ1v) is 11.5. The second-order valence-corrected chi connectivity index (χ2v) is 8.30. The van der Waals surface area contributed by atoms with Gasteiger partial charge in [0.15, 0.2) is 5.76 Å². The van der Waals surface area contributed by atoms with Crippen LogP contribution in [-0.4, -0.2) is 28.9 Å². The summed E-state index contributed by atoms with van der Waals surface area (Å²) in [5.41, 5.74) is 3.10. The smallest absolute Gasteiger partial charge is 0.419 e. The molecule has 1 N–H and O–H groups in total. The van der Waals surface area contributed by atoms with Gasteiger partial charge in [-0.2, -0.15) is 0 Å². The molecule has 0 aliphatic rings. The van der Waals surface area contributed by atoms with Crippen molar-refractivity contribution < 1.29 is 28.3 Å². The number of carbonyl (C=O) groups excluding carboxylic acids is 1. The van der Waals surface area contributed by atoms with E-state index in [2.05, 4.69) is 5.16 Å². The second-order valence-electron chi connectivity index (χ2n) is 7.89. The van der Waals surface area contributed by atoms with Gasteiger partial charge < -0.3 is 14.4 Å². The van der Waals surface area contributed by atoms with Crippen molar-refractivity contribution in [2.45, 2.75) is 20.3 Å². The van der Waals surface area contributed by atoms with E-state index in [0.717, 1.165) is 0 Å². The Hall–Kier alpha value is -4.17. The molecule has 1 heterocycles. The molecule has 0 aliphatic carbocycles. The number of amides is 1. The lowest BCUT2D eigenvalue weighted by atomic mass is 9.99. The highest BCUT2D eigenvalue weighted by Crippen LogP contribution is 2.41. The third-order valence-corrected chi connectivity index (χ3v) is 5.76. The summed E-state index contributed by atoms with van der Waals surface area (Å²) in [6, 6.07) is 17.8. The summed E-state index contributed by atoms with van der Waals surface area (Å²) in [4.78, 5) is 25.4. The number of carboxylic acid groups (broad SMARTS) is 1. The molecule has 4 rings (SSSR count). The van der Waals surface area contributed by atoms with E-state index in [9.17, 15) is 14.0 Å². The van der Waals surface area contributed by atoms with Crippen LogP contribution >= 0.6 is 11.6 Å². The van der Waals surface area contributed by atoms with E-state index < -0.39 is 17.9 Å². The zero-order valence-electron chi connectivity index (χ0n) is 19.5. The molecule has 0 saturated heterocycles. The van der Waals surface area contributed by atoms with Crippen molar-refractivity contribution >= 4 is 35.0 Å². The molecule has 0 unspecified atom stereocenters. The Labute approximate surface area is 211 Å². The fourth-order valence-corrected chi connectivity index (χ4v) is 4.05. The van der Waals surface area contributed by atoms with E-state index in [4.69, 9.17) is 26.0 Å². The monoisotopic (exact) mass is 508 g/mol. The maximum Gasteiger partial charge on any atom is 0.419 e. The molecule has 36 heavy (non-hydrogen) atoms. The molecule has 184 valence electrons. The van der Waals surface area contributed by atoms with Crippen molar-refractivity contribution in [1.29, 1.82) is 0 Å². The van der Waals surface area contributed by atoms with Crippen LogP contribution in [0.2, 0.25) is 5.02 Å². The first-order chi connectivity index (χ1) is 17.3. The molecule has 0 saturated carbocycles. The number of rotatable bonds is 7. The van der Waals surface area contributed by atoms with Gasteiger partial charge in [0.1, 0.15) is 17.2 Å². The minimum atomic E-state index is -0.999. The van der Waals surface area contributed by atoms with Crippen molar-refractivity contribution in [2.75, 3.05) is 11.5 Å². The van der Waals surface area contributed by atoms with Crippen molar-refractivity contribution in [3.63, 3.8) is 0 Å². The van der Waals surface area contributed by atoms with Gasteiger partial charge in [-0.25, -0.2) is 14.1 Å². The molecule has 0 aliphatic heterocycles. The number of benzene rings is 3. The van der Waals surface area contributed by atoms with E-state index >= 15 is 0 Å². The highest BCUT2D eigenvalue weighted by molar-refractivity contribution is 6.34. The van der Waals surface area contributed by atoms with E-state index in [-0.39, 0.29) is 18.6 Å². The van der Waals surface area contributed by atoms with Crippen molar-refractivity contribution in [1.82, 2.24) is 5.16 Å². The van der Waals surface area contributed by atoms with E-state index in [1.165, 1.54) is 23.1 Å². The predicted octanol–water partition coefficient (Wildman–Crippen LogP) is 7.03. The van der Waals surface area contributed by atoms with Crippen LogP contribution in [-0.2, 0) is 16.0 Å². The van der Waals surface area contributed by atoms with Crippen LogP contribution in [0.5, 0.6) is 0 Å². The molecule has 4 aromatic rings. The lowest BCUT2D eigenvalue weighted by Gasteiger charge is -2.23. The predicted molar refractivity (Wildman–Crippen MR) is 134 cm³/mol. The second kappa shape index (κ2) is 10.6. The highest BCUT2D eigenvalue weighted by Gasteiger charge is 2.30. The van der Waals surface area contributed by atoms with Gasteiger partial charge in [-0.15, -0.1) is 0 Å². The third kappa shape index (κ3) is 5.08. The molecule has 0 atom stereocenters. The van der Waals surface area contributed by atoms with E-state index in [1.807, 2.05) is 0 Å². The summed E-state index contributed by atoms with van der Waals surface area (Å²) in [7, 11) is 0. The topological polar surface area (TPSA) is 92.9 Å². The molecule has 1 aromatic heterocycles. The average molecular weight is 509 g/mol. The first kappa shape index (κ1) is 24.9. The number of aromatic nitrogens is 1. The molecule has 3 aromatic carbocycles. The molecule has 0 bridgehead atoms. The SMILES string of the molecule is CCOC(=O)N(c1ccccc1Cl)c1c(C)noc1-c1ccc(-c2cc(CC(=O)O)ccc2F)cc1. The zero-order valence-corrected chi connectivity index (χ0v) is 20.3. The molecule has 0 radical (unpaired) electrons. The third-order valence-electron chi connectivity index (χ3n) is 5.44. The van der Waals surface area contributed by atoms with Crippen LogP contribution in [0.3, 0.4) is 0 Å². The summed E-state index contributed by atoms with van der Waals surface area (Å²) in [6.45, 7) is 3.55. The number of carboxylic acids is 1. The van der Waals surface area contributed by atoms with Crippen LogP contribution in [0.1, 0.15) is 18.2 Å². The Bertz CT molecular complexity index is 1420. The van der Waals surface area contributed by atoms with Crippen LogP contribution in [0, 0.1) is 12.7 Å². The number of ether oxygens (including phenoxy) is 1. The zero-order chi connectivity index (χ0) is 25.8. The van der Waals surface area contributed by atoms with Gasteiger partial charge in [0, 0.05) is 11.1 Å². The Kier molecular flexibility index (Phi) is 7.36. The molecule has 7 nitrogen and oxygen atoms in total. The Morgan fingerprint density at radius 2 is 1.78 bits per heavy atom. The summed E-state index contributed by atoms with van der Waals surface area (Å²) in [6.07, 6.45) is -0.857. The molecule has 0 fully saturated rings. The highest BCUT2D eigenvalue weighted by atomic mass is 35.5. The molecule has 0 spiro atoms. The van der Waals surface area contributed by atoms with Crippen molar-refractivity contribution in [3.8, 4) is 22.5 Å². The minimum Gasteiger partial charge on any atom is -0.481 e. The van der Waals surface area contributed by atoms with Crippen molar-refractivity contribution in [2.24, 2.45) is 0 Å². The lowest BCUT2D eigenvalue weighted by Crippen LogP contribution is -2.27. The number of aryl methyl sites for hydroxylation is 1. The number of para-hydroxylation sites is 1. The van der Waals surface area contributed by atoms with Gasteiger partial charge in [-0.3, -0.25) is 4.79 Å². The van der Waals surface area contributed by atoms with Gasteiger partial charge in [0.25, 0.3) is 0 Å².